The molecule has 0 atom stereocenters. The Kier molecular flexibility index (Phi) is 5.19. The molecule has 0 aliphatic carbocycles. The second-order valence-corrected chi connectivity index (χ2v) is 6.45. The Bertz CT molecular complexity index is 965. The minimum atomic E-state index is -0.161. The number of nitrogens with one attached hydrogen (secondary N) is 1. The van der Waals surface area contributed by atoms with Gasteiger partial charge in [0.05, 0.1) is 0 Å². The summed E-state index contributed by atoms with van der Waals surface area (Å²) < 4.78 is 0. The summed E-state index contributed by atoms with van der Waals surface area (Å²) in [5.74, 6) is 0.0179. The smallest absolute Gasteiger partial charge is 0.248 e. The number of halogens is 1. The Morgan fingerprint density at radius 1 is 1.08 bits per heavy atom. The molecule has 25 heavy (non-hydrogen) atoms. The molecule has 3 aromatic rings. The molecule has 0 saturated carbocycles. The SMILES string of the molecule is CN(Cc1cc(=O)[nH]c2ccccc12)C(=O)CCc1ccccc1Cl. The first-order chi connectivity index (χ1) is 12.0. The van der Waals surface area contributed by atoms with E-state index in [4.69, 9.17) is 11.6 Å². The van der Waals surface area contributed by atoms with Crippen LogP contribution < -0.4 is 5.56 Å². The van der Waals surface area contributed by atoms with Crippen molar-refractivity contribution in [2.24, 2.45) is 0 Å². The van der Waals surface area contributed by atoms with Crippen molar-refractivity contribution in [1.82, 2.24) is 9.88 Å². The largest absolute Gasteiger partial charge is 0.341 e. The second-order valence-electron chi connectivity index (χ2n) is 6.05. The molecule has 128 valence electrons. The van der Waals surface area contributed by atoms with Crippen molar-refractivity contribution in [2.75, 3.05) is 7.05 Å². The number of hydrogen-bond donors (Lipinski definition) is 1. The maximum absolute atomic E-state index is 12.4. The van der Waals surface area contributed by atoms with Crippen LogP contribution in [0.15, 0.2) is 59.4 Å². The first-order valence-electron chi connectivity index (χ1n) is 8.13. The predicted octanol–water partition coefficient (Wildman–Crippen LogP) is 3.77. The summed E-state index contributed by atoms with van der Waals surface area (Å²) in [7, 11) is 1.75. The molecule has 5 heteroatoms. The van der Waals surface area contributed by atoms with Crippen LogP contribution in [0.4, 0.5) is 0 Å². The summed E-state index contributed by atoms with van der Waals surface area (Å²) in [6.45, 7) is 0.395. The van der Waals surface area contributed by atoms with Crippen LogP contribution in [0, 0.1) is 0 Å². The standard InChI is InChI=1S/C20H19ClN2O2/c1-23(20(25)11-10-14-6-2-4-8-17(14)21)13-15-12-19(24)22-18-9-5-3-7-16(15)18/h2-9,12H,10-11,13H2,1H3,(H,22,24). The molecule has 0 radical (unpaired) electrons. The van der Waals surface area contributed by atoms with E-state index < -0.39 is 0 Å². The molecule has 1 N–H and O–H groups in total. The lowest BCUT2D eigenvalue weighted by Crippen LogP contribution is -2.27. The minimum Gasteiger partial charge on any atom is -0.341 e. The fourth-order valence-electron chi connectivity index (χ4n) is 2.89. The molecule has 0 saturated heterocycles. The summed E-state index contributed by atoms with van der Waals surface area (Å²) >= 11 is 6.14. The number of H-pyrrole nitrogens is 1. The molecule has 0 aliphatic rings. The van der Waals surface area contributed by atoms with Crippen molar-refractivity contribution in [3.05, 3.63) is 81.1 Å². The Morgan fingerprint density at radius 3 is 2.60 bits per heavy atom. The number of carbonyl (C=O) groups excluding carboxylic acids is 1. The number of aryl methyl sites for hydroxylation is 1. The molecular weight excluding hydrogens is 336 g/mol. The minimum absolute atomic E-state index is 0.0179. The van der Waals surface area contributed by atoms with Crippen LogP contribution in [0.5, 0.6) is 0 Å². The number of amides is 1. The molecule has 1 heterocycles. The lowest BCUT2D eigenvalue weighted by atomic mass is 10.1. The Morgan fingerprint density at radius 2 is 1.80 bits per heavy atom. The Hall–Kier alpha value is -2.59. The van der Waals surface area contributed by atoms with Gasteiger partial charge < -0.3 is 9.88 Å². The molecule has 0 unspecified atom stereocenters. The van der Waals surface area contributed by atoms with Crippen LogP contribution in [0.2, 0.25) is 5.02 Å². The van der Waals surface area contributed by atoms with Crippen LogP contribution in [0.3, 0.4) is 0 Å². The average Bonchev–Trinajstić information content (AvgIpc) is 2.60. The lowest BCUT2D eigenvalue weighted by molar-refractivity contribution is -0.130. The molecule has 3 rings (SSSR count). The number of rotatable bonds is 5. The van der Waals surface area contributed by atoms with Crippen LogP contribution >= 0.6 is 11.6 Å². The van der Waals surface area contributed by atoms with Crippen LogP contribution in [-0.2, 0) is 17.8 Å². The first-order valence-corrected chi connectivity index (χ1v) is 8.50. The van der Waals surface area contributed by atoms with Crippen molar-refractivity contribution in [3.8, 4) is 0 Å². The van der Waals surface area contributed by atoms with Gasteiger partial charge in [-0.25, -0.2) is 0 Å². The molecule has 0 spiro atoms. The Balaban J connectivity index is 1.72. The van der Waals surface area contributed by atoms with Gasteiger partial charge in [-0.05, 0) is 29.7 Å². The van der Waals surface area contributed by atoms with E-state index in [0.29, 0.717) is 24.4 Å². The highest BCUT2D eigenvalue weighted by atomic mass is 35.5. The number of nitrogens with zero attached hydrogens (tertiary/aromatic N) is 1. The second kappa shape index (κ2) is 7.53. The zero-order chi connectivity index (χ0) is 17.8. The first kappa shape index (κ1) is 17.2. The molecule has 0 bridgehead atoms. The van der Waals surface area contributed by atoms with Gasteiger partial charge in [-0.2, -0.15) is 0 Å². The normalized spacial score (nSPS) is 10.8. The molecule has 1 aromatic heterocycles. The molecule has 0 aliphatic heterocycles. The third-order valence-electron chi connectivity index (χ3n) is 4.24. The summed E-state index contributed by atoms with van der Waals surface area (Å²) in [6, 6.07) is 16.7. The van der Waals surface area contributed by atoms with Crippen molar-refractivity contribution in [2.45, 2.75) is 19.4 Å². The molecule has 0 fully saturated rings. The molecule has 4 nitrogen and oxygen atoms in total. The maximum atomic E-state index is 12.4. The third kappa shape index (κ3) is 4.09. The zero-order valence-corrected chi connectivity index (χ0v) is 14.7. The highest BCUT2D eigenvalue weighted by molar-refractivity contribution is 6.31. The summed E-state index contributed by atoms with van der Waals surface area (Å²) in [5.41, 5.74) is 2.42. The zero-order valence-electron chi connectivity index (χ0n) is 14.0. The van der Waals surface area contributed by atoms with E-state index in [9.17, 15) is 9.59 Å². The van der Waals surface area contributed by atoms with Gasteiger partial charge in [0.25, 0.3) is 0 Å². The topological polar surface area (TPSA) is 53.2 Å². The average molecular weight is 355 g/mol. The number of carbonyl (C=O) groups is 1. The van der Waals surface area contributed by atoms with E-state index in [1.54, 1.807) is 18.0 Å². The van der Waals surface area contributed by atoms with Gasteiger partial charge in [0.2, 0.25) is 11.5 Å². The van der Waals surface area contributed by atoms with Crippen LogP contribution in [-0.4, -0.2) is 22.8 Å². The van der Waals surface area contributed by atoms with Gasteiger partial charge >= 0.3 is 0 Å². The van der Waals surface area contributed by atoms with Crippen LogP contribution in [0.25, 0.3) is 10.9 Å². The van der Waals surface area contributed by atoms with Crippen molar-refractivity contribution in [1.29, 1.82) is 0 Å². The number of pyridine rings is 1. The fourth-order valence-corrected chi connectivity index (χ4v) is 3.12. The molecular formula is C20H19ClN2O2. The van der Waals surface area contributed by atoms with Gasteiger partial charge in [-0.1, -0.05) is 48.0 Å². The number of fused-ring (bicyclic) bond motifs is 1. The van der Waals surface area contributed by atoms with E-state index in [1.165, 1.54) is 0 Å². The van der Waals surface area contributed by atoms with Crippen molar-refractivity contribution < 1.29 is 4.79 Å². The highest BCUT2D eigenvalue weighted by Gasteiger charge is 2.12. The third-order valence-corrected chi connectivity index (χ3v) is 4.60. The molecule has 2 aromatic carbocycles. The Labute approximate surface area is 151 Å². The number of benzene rings is 2. The van der Waals surface area contributed by atoms with Gasteiger partial charge in [0.1, 0.15) is 0 Å². The van der Waals surface area contributed by atoms with E-state index in [-0.39, 0.29) is 11.5 Å². The van der Waals surface area contributed by atoms with Gasteiger partial charge in [-0.15, -0.1) is 0 Å². The van der Waals surface area contributed by atoms with E-state index in [1.807, 2.05) is 48.5 Å². The number of aromatic amines is 1. The van der Waals surface area contributed by atoms with Gasteiger partial charge in [0, 0.05) is 42.0 Å². The van der Waals surface area contributed by atoms with Crippen molar-refractivity contribution >= 4 is 28.4 Å². The lowest BCUT2D eigenvalue weighted by Gasteiger charge is -2.18. The van der Waals surface area contributed by atoms with Crippen LogP contribution in [0.1, 0.15) is 17.5 Å². The summed E-state index contributed by atoms with van der Waals surface area (Å²) in [4.78, 5) is 28.7. The highest BCUT2D eigenvalue weighted by Crippen LogP contribution is 2.18. The number of hydrogen-bond acceptors (Lipinski definition) is 2. The predicted molar refractivity (Wildman–Crippen MR) is 101 cm³/mol. The van der Waals surface area contributed by atoms with E-state index in [2.05, 4.69) is 4.98 Å². The van der Waals surface area contributed by atoms with Gasteiger partial charge in [-0.3, -0.25) is 9.59 Å². The van der Waals surface area contributed by atoms with Crippen molar-refractivity contribution in [3.63, 3.8) is 0 Å². The summed E-state index contributed by atoms with van der Waals surface area (Å²) in [6.07, 6.45) is 0.973. The molecule has 1 amide bonds. The number of para-hydroxylation sites is 1. The summed E-state index contributed by atoms with van der Waals surface area (Å²) in [5, 5.41) is 1.63. The van der Waals surface area contributed by atoms with Gasteiger partial charge in [0.15, 0.2) is 0 Å². The maximum Gasteiger partial charge on any atom is 0.248 e. The monoisotopic (exact) mass is 354 g/mol. The van der Waals surface area contributed by atoms with E-state index in [0.717, 1.165) is 22.0 Å². The fraction of sp³-hybridized carbons (Fsp3) is 0.200. The van der Waals surface area contributed by atoms with E-state index >= 15 is 0 Å². The quantitative estimate of drug-likeness (QED) is 0.758. The number of aromatic nitrogens is 1.